The number of ether oxygens (including phenoxy) is 2. The summed E-state index contributed by atoms with van der Waals surface area (Å²) in [5, 5.41) is 0. The molecule has 0 saturated heterocycles. The van der Waals surface area contributed by atoms with E-state index in [1.807, 2.05) is 6.08 Å². The molecule has 0 bridgehead atoms. The molecule has 0 spiro atoms. The average molecular weight is 541 g/mol. The Balaban J connectivity index is 1.75. The smallest absolute Gasteiger partial charge is 0.142 e. The third-order valence-electron chi connectivity index (χ3n) is 7.76. The van der Waals surface area contributed by atoms with Crippen LogP contribution in [0.5, 0.6) is 11.5 Å². The van der Waals surface area contributed by atoms with Gasteiger partial charge < -0.3 is 9.47 Å². The van der Waals surface area contributed by atoms with Crippen molar-refractivity contribution >= 4 is 12.4 Å². The summed E-state index contributed by atoms with van der Waals surface area (Å²) in [7, 11) is 0. The van der Waals surface area contributed by atoms with Crippen molar-refractivity contribution < 1.29 is 14.3 Å². The lowest BCUT2D eigenvalue weighted by Gasteiger charge is -2.16. The molecule has 0 fully saturated rings. The number of unbranched alkanes of at least 4 members (excludes halogenated alkanes) is 2. The van der Waals surface area contributed by atoms with Gasteiger partial charge in [-0.3, -0.25) is 4.79 Å². The Labute approximate surface area is 242 Å². The molecule has 0 aliphatic heterocycles. The summed E-state index contributed by atoms with van der Waals surface area (Å²) in [6.45, 7) is 10.5. The fraction of sp³-hybridized carbons (Fsp3) is 0.432. The molecule has 3 aromatic carbocycles. The van der Waals surface area contributed by atoms with Crippen LogP contribution in [-0.4, -0.2) is 19.5 Å². The Morgan fingerprint density at radius 2 is 1.07 bits per heavy atom. The third-order valence-corrected chi connectivity index (χ3v) is 7.76. The van der Waals surface area contributed by atoms with Gasteiger partial charge in [0.2, 0.25) is 0 Å². The van der Waals surface area contributed by atoms with E-state index in [0.717, 1.165) is 71.7 Å². The van der Waals surface area contributed by atoms with Gasteiger partial charge in [-0.2, -0.15) is 0 Å². The number of hydrogen-bond donors (Lipinski definition) is 0. The SMILES string of the molecule is CCCCC(CC)COc1ccc(-c2cc(C=CC=O)cc(-c3ccc(OCC(CC)CCCC)cc3)c2)cc1. The molecule has 40 heavy (non-hydrogen) atoms. The lowest BCUT2D eigenvalue weighted by atomic mass is 9.95. The molecule has 0 heterocycles. The summed E-state index contributed by atoms with van der Waals surface area (Å²) in [5.74, 6) is 3.03. The van der Waals surface area contributed by atoms with Gasteiger partial charge in [-0.1, -0.05) is 96.6 Å². The van der Waals surface area contributed by atoms with Gasteiger partial charge in [0.05, 0.1) is 13.2 Å². The highest BCUT2D eigenvalue weighted by atomic mass is 16.5. The predicted octanol–water partition coefficient (Wildman–Crippen LogP) is 10.4. The van der Waals surface area contributed by atoms with Crippen LogP contribution in [0.1, 0.15) is 84.6 Å². The Hall–Kier alpha value is -3.33. The fourth-order valence-corrected chi connectivity index (χ4v) is 4.94. The van der Waals surface area contributed by atoms with Crippen LogP contribution in [0, 0.1) is 11.8 Å². The van der Waals surface area contributed by atoms with Gasteiger partial charge >= 0.3 is 0 Å². The maximum absolute atomic E-state index is 11.0. The molecule has 3 heteroatoms. The number of carbonyl (C=O) groups excluding carboxylic acids is 1. The van der Waals surface area contributed by atoms with Crippen molar-refractivity contribution in [2.45, 2.75) is 79.1 Å². The fourth-order valence-electron chi connectivity index (χ4n) is 4.94. The van der Waals surface area contributed by atoms with E-state index in [2.05, 4.69) is 94.4 Å². The quantitative estimate of drug-likeness (QED) is 0.119. The summed E-state index contributed by atoms with van der Waals surface area (Å²) in [5.41, 5.74) is 5.43. The van der Waals surface area contributed by atoms with Crippen LogP contribution in [0.25, 0.3) is 28.3 Å². The standard InChI is InChI=1S/C37H48O3/c1-5-9-12-29(7-3)27-39-36-19-15-32(16-20-36)34-24-31(14-11-23-38)25-35(26-34)33-17-21-37(22-18-33)40-28-30(8-4)13-10-6-2/h11,14-26,29-30H,5-10,12-13,27-28H2,1-4H3. The highest BCUT2D eigenvalue weighted by molar-refractivity contribution is 5.80. The summed E-state index contributed by atoms with van der Waals surface area (Å²) >= 11 is 0. The minimum atomic E-state index is 0.606. The van der Waals surface area contributed by atoms with Gasteiger partial charge in [0.25, 0.3) is 0 Å². The average Bonchev–Trinajstić information content (AvgIpc) is 3.00. The van der Waals surface area contributed by atoms with Crippen LogP contribution in [-0.2, 0) is 4.79 Å². The summed E-state index contributed by atoms with van der Waals surface area (Å²) in [6.07, 6.45) is 13.9. The first kappa shape index (κ1) is 31.2. The Bertz CT molecular complexity index is 1080. The Morgan fingerprint density at radius 1 is 0.625 bits per heavy atom. The van der Waals surface area contributed by atoms with Gasteiger partial charge in [-0.15, -0.1) is 0 Å². The van der Waals surface area contributed by atoms with Crippen molar-refractivity contribution in [1.29, 1.82) is 0 Å². The first-order valence-electron chi connectivity index (χ1n) is 15.3. The highest BCUT2D eigenvalue weighted by Gasteiger charge is 2.10. The van der Waals surface area contributed by atoms with Crippen molar-refractivity contribution in [3.63, 3.8) is 0 Å². The zero-order valence-corrected chi connectivity index (χ0v) is 25.0. The molecule has 3 nitrogen and oxygen atoms in total. The molecule has 214 valence electrons. The summed E-state index contributed by atoms with van der Waals surface area (Å²) in [6, 6.07) is 23.2. The van der Waals surface area contributed by atoms with Crippen molar-refractivity contribution in [3.8, 4) is 33.8 Å². The van der Waals surface area contributed by atoms with E-state index >= 15 is 0 Å². The molecule has 0 N–H and O–H groups in total. The van der Waals surface area contributed by atoms with Crippen molar-refractivity contribution in [3.05, 3.63) is 78.4 Å². The monoisotopic (exact) mass is 540 g/mol. The second-order valence-corrected chi connectivity index (χ2v) is 10.8. The molecule has 0 radical (unpaired) electrons. The lowest BCUT2D eigenvalue weighted by Crippen LogP contribution is -2.11. The molecule has 0 aliphatic carbocycles. The first-order chi connectivity index (χ1) is 19.6. The number of hydrogen-bond acceptors (Lipinski definition) is 3. The molecule has 3 aromatic rings. The molecule has 3 rings (SSSR count). The Kier molecular flexibility index (Phi) is 13.6. The summed E-state index contributed by atoms with van der Waals surface area (Å²) < 4.78 is 12.3. The molecule has 0 saturated carbocycles. The Morgan fingerprint density at radius 3 is 1.45 bits per heavy atom. The number of benzene rings is 3. The van der Waals surface area contributed by atoms with E-state index in [1.54, 1.807) is 6.08 Å². The van der Waals surface area contributed by atoms with E-state index in [-0.39, 0.29) is 0 Å². The van der Waals surface area contributed by atoms with Gasteiger partial charge in [0.15, 0.2) is 0 Å². The molecular weight excluding hydrogens is 492 g/mol. The molecular formula is C37H48O3. The zero-order valence-electron chi connectivity index (χ0n) is 25.0. The molecule has 2 unspecified atom stereocenters. The molecule has 0 aromatic heterocycles. The van der Waals surface area contributed by atoms with E-state index < -0.39 is 0 Å². The maximum Gasteiger partial charge on any atom is 0.142 e. The molecule has 0 amide bonds. The number of allylic oxidation sites excluding steroid dienone is 1. The second-order valence-electron chi connectivity index (χ2n) is 10.8. The zero-order chi connectivity index (χ0) is 28.6. The van der Waals surface area contributed by atoms with Crippen LogP contribution < -0.4 is 9.47 Å². The minimum absolute atomic E-state index is 0.606. The van der Waals surface area contributed by atoms with Crippen molar-refractivity contribution in [2.75, 3.05) is 13.2 Å². The highest BCUT2D eigenvalue weighted by Crippen LogP contribution is 2.31. The van der Waals surface area contributed by atoms with Gasteiger partial charge in [0.1, 0.15) is 17.8 Å². The minimum Gasteiger partial charge on any atom is -0.493 e. The second kappa shape index (κ2) is 17.4. The van der Waals surface area contributed by atoms with Crippen LogP contribution in [0.4, 0.5) is 0 Å². The van der Waals surface area contributed by atoms with Gasteiger partial charge in [-0.25, -0.2) is 0 Å². The normalized spacial score (nSPS) is 12.8. The molecule has 2 atom stereocenters. The largest absolute Gasteiger partial charge is 0.493 e. The van der Waals surface area contributed by atoms with Crippen LogP contribution in [0.15, 0.2) is 72.8 Å². The first-order valence-corrected chi connectivity index (χ1v) is 15.3. The van der Waals surface area contributed by atoms with E-state index in [1.165, 1.54) is 38.5 Å². The van der Waals surface area contributed by atoms with Crippen molar-refractivity contribution in [2.24, 2.45) is 11.8 Å². The topological polar surface area (TPSA) is 35.5 Å². The predicted molar refractivity (Wildman–Crippen MR) is 170 cm³/mol. The van der Waals surface area contributed by atoms with E-state index in [0.29, 0.717) is 11.8 Å². The lowest BCUT2D eigenvalue weighted by molar-refractivity contribution is -0.104. The number of carbonyl (C=O) groups is 1. The number of aldehydes is 1. The van der Waals surface area contributed by atoms with Crippen LogP contribution >= 0.6 is 0 Å². The summed E-state index contributed by atoms with van der Waals surface area (Å²) in [4.78, 5) is 11.0. The van der Waals surface area contributed by atoms with Gasteiger partial charge in [-0.05, 0) is 101 Å². The van der Waals surface area contributed by atoms with Crippen molar-refractivity contribution in [1.82, 2.24) is 0 Å². The van der Waals surface area contributed by atoms with Crippen LogP contribution in [0.3, 0.4) is 0 Å². The maximum atomic E-state index is 11.0. The third kappa shape index (κ3) is 10.0. The van der Waals surface area contributed by atoms with Crippen LogP contribution in [0.2, 0.25) is 0 Å². The number of rotatable bonds is 18. The van der Waals surface area contributed by atoms with E-state index in [9.17, 15) is 4.79 Å². The van der Waals surface area contributed by atoms with Gasteiger partial charge in [0, 0.05) is 0 Å². The molecule has 0 aliphatic rings. The van der Waals surface area contributed by atoms with E-state index in [4.69, 9.17) is 9.47 Å².